The van der Waals surface area contributed by atoms with Gasteiger partial charge in [0.05, 0.1) is 18.4 Å². The third kappa shape index (κ3) is 4.82. The Morgan fingerprint density at radius 1 is 1.19 bits per heavy atom. The molecule has 0 aliphatic carbocycles. The predicted octanol–water partition coefficient (Wildman–Crippen LogP) is 2.45. The number of ether oxygens (including phenoxy) is 2. The maximum absolute atomic E-state index is 13.2. The van der Waals surface area contributed by atoms with Gasteiger partial charge in [-0.3, -0.25) is 9.59 Å². The summed E-state index contributed by atoms with van der Waals surface area (Å²) in [6, 6.07) is 7.90. The van der Waals surface area contributed by atoms with Gasteiger partial charge in [0.15, 0.2) is 11.5 Å². The van der Waals surface area contributed by atoms with E-state index in [0.29, 0.717) is 5.56 Å². The minimum atomic E-state index is -3.66. The highest BCUT2D eigenvalue weighted by Crippen LogP contribution is 2.42. The van der Waals surface area contributed by atoms with Crippen LogP contribution in [0.1, 0.15) is 40.5 Å². The first-order valence-corrected chi connectivity index (χ1v) is 11.7. The first-order chi connectivity index (χ1) is 15.0. The third-order valence-electron chi connectivity index (χ3n) is 4.93. The van der Waals surface area contributed by atoms with Crippen LogP contribution < -0.4 is 15.2 Å². The lowest BCUT2D eigenvalue weighted by Crippen LogP contribution is -2.41. The number of alkyl halides is 2. The number of sulfone groups is 1. The molecule has 32 heavy (non-hydrogen) atoms. The molecular formula is C21H22F2N2O6S. The summed E-state index contributed by atoms with van der Waals surface area (Å²) in [6.45, 7) is -1.34. The number of nitrogens with two attached hydrogens (primary N) is 1. The molecule has 2 amide bonds. The van der Waals surface area contributed by atoms with Crippen LogP contribution in [-0.4, -0.2) is 50.4 Å². The van der Waals surface area contributed by atoms with E-state index in [-0.39, 0.29) is 29.2 Å². The SMILES string of the molecule is CCOc1cc(C(CS(C)(=O)=O)N2C(=O)c3ccccc3C2C(N)=O)ccc1OC(F)F. The Hall–Kier alpha value is -3.21. The third-order valence-corrected chi connectivity index (χ3v) is 5.85. The topological polar surface area (TPSA) is 116 Å². The Morgan fingerprint density at radius 2 is 1.88 bits per heavy atom. The zero-order valence-corrected chi connectivity index (χ0v) is 18.1. The molecule has 172 valence electrons. The highest BCUT2D eigenvalue weighted by Gasteiger charge is 2.45. The lowest BCUT2D eigenvalue weighted by molar-refractivity contribution is -0.123. The van der Waals surface area contributed by atoms with Crippen LogP contribution in [0.4, 0.5) is 8.78 Å². The number of amides is 2. The summed E-state index contributed by atoms with van der Waals surface area (Å²) >= 11 is 0. The Bertz CT molecular complexity index is 1140. The molecular weight excluding hydrogens is 446 g/mol. The predicted molar refractivity (Wildman–Crippen MR) is 111 cm³/mol. The minimum Gasteiger partial charge on any atom is -0.490 e. The van der Waals surface area contributed by atoms with Crippen molar-refractivity contribution in [3.8, 4) is 11.5 Å². The molecule has 2 N–H and O–H groups in total. The summed E-state index contributed by atoms with van der Waals surface area (Å²) in [5, 5.41) is 0. The van der Waals surface area contributed by atoms with Crippen LogP contribution in [0.15, 0.2) is 42.5 Å². The number of primary amides is 1. The number of benzene rings is 2. The fourth-order valence-corrected chi connectivity index (χ4v) is 4.69. The Kier molecular flexibility index (Phi) is 6.68. The normalized spacial score (nSPS) is 16.7. The van der Waals surface area contributed by atoms with Gasteiger partial charge in [-0.15, -0.1) is 0 Å². The number of halogens is 2. The number of hydrogen-bond donors (Lipinski definition) is 1. The van der Waals surface area contributed by atoms with Crippen LogP contribution in [0.25, 0.3) is 0 Å². The van der Waals surface area contributed by atoms with E-state index in [1.165, 1.54) is 24.3 Å². The highest BCUT2D eigenvalue weighted by molar-refractivity contribution is 7.90. The maximum atomic E-state index is 13.2. The van der Waals surface area contributed by atoms with Crippen molar-refractivity contribution < 1.29 is 36.3 Å². The second-order valence-electron chi connectivity index (χ2n) is 7.23. The van der Waals surface area contributed by atoms with Crippen LogP contribution in [0.5, 0.6) is 11.5 Å². The molecule has 8 nitrogen and oxygen atoms in total. The summed E-state index contributed by atoms with van der Waals surface area (Å²) in [5.41, 5.74) is 6.45. The van der Waals surface area contributed by atoms with Gasteiger partial charge in [0.25, 0.3) is 5.91 Å². The first-order valence-electron chi connectivity index (χ1n) is 9.63. The van der Waals surface area contributed by atoms with Gasteiger partial charge in [-0.1, -0.05) is 24.3 Å². The quantitative estimate of drug-likeness (QED) is 0.604. The van der Waals surface area contributed by atoms with E-state index < -0.39 is 46.1 Å². The molecule has 0 spiro atoms. The summed E-state index contributed by atoms with van der Waals surface area (Å²) in [4.78, 5) is 26.6. The first kappa shape index (κ1) is 23.5. The Morgan fingerprint density at radius 3 is 2.47 bits per heavy atom. The molecule has 1 aliphatic rings. The maximum Gasteiger partial charge on any atom is 0.387 e. The molecule has 2 aromatic rings. The summed E-state index contributed by atoms with van der Waals surface area (Å²) in [5.74, 6) is -2.22. The lowest BCUT2D eigenvalue weighted by Gasteiger charge is -2.32. The van der Waals surface area contributed by atoms with Crippen LogP contribution in [0, 0.1) is 0 Å². The van der Waals surface area contributed by atoms with Gasteiger partial charge in [0.1, 0.15) is 15.9 Å². The molecule has 0 bridgehead atoms. The van der Waals surface area contributed by atoms with Gasteiger partial charge < -0.3 is 20.1 Å². The number of nitrogens with zero attached hydrogens (tertiary/aromatic N) is 1. The van der Waals surface area contributed by atoms with Crippen molar-refractivity contribution in [2.75, 3.05) is 18.6 Å². The van der Waals surface area contributed by atoms with Gasteiger partial charge in [-0.05, 0) is 36.2 Å². The second kappa shape index (κ2) is 9.11. The van der Waals surface area contributed by atoms with E-state index >= 15 is 0 Å². The van der Waals surface area contributed by atoms with Crippen LogP contribution in [0.3, 0.4) is 0 Å². The zero-order chi connectivity index (χ0) is 23.6. The van der Waals surface area contributed by atoms with E-state index in [1.54, 1.807) is 25.1 Å². The monoisotopic (exact) mass is 468 g/mol. The fourth-order valence-electron chi connectivity index (χ4n) is 3.77. The van der Waals surface area contributed by atoms with Crippen molar-refractivity contribution in [2.24, 2.45) is 5.73 Å². The largest absolute Gasteiger partial charge is 0.490 e. The molecule has 11 heteroatoms. The average molecular weight is 468 g/mol. The summed E-state index contributed by atoms with van der Waals surface area (Å²) in [6.07, 6.45) is 0.991. The van der Waals surface area contributed by atoms with Gasteiger partial charge in [0, 0.05) is 11.8 Å². The molecule has 2 aromatic carbocycles. The van der Waals surface area contributed by atoms with Gasteiger partial charge in [-0.25, -0.2) is 8.42 Å². The molecule has 1 heterocycles. The molecule has 0 saturated heterocycles. The smallest absolute Gasteiger partial charge is 0.387 e. The number of carbonyl (C=O) groups is 2. The van der Waals surface area contributed by atoms with Crippen LogP contribution in [0.2, 0.25) is 0 Å². The summed E-state index contributed by atoms with van der Waals surface area (Å²) < 4.78 is 59.8. The standard InChI is InChI=1S/C21H22F2N2O6S/c1-3-30-17-10-12(8-9-16(17)31-21(22)23)15(11-32(2,28)29)25-18(19(24)26)13-6-4-5-7-14(13)20(25)27/h4-10,15,18,21H,3,11H2,1-2H3,(H2,24,26). The molecule has 2 unspecified atom stereocenters. The minimum absolute atomic E-state index is 0.0522. The summed E-state index contributed by atoms with van der Waals surface area (Å²) in [7, 11) is -3.66. The Labute approximate surface area is 183 Å². The number of rotatable bonds is 9. The van der Waals surface area contributed by atoms with Crippen molar-refractivity contribution >= 4 is 21.7 Å². The molecule has 1 aliphatic heterocycles. The van der Waals surface area contributed by atoms with Gasteiger partial charge in [0.2, 0.25) is 5.91 Å². The van der Waals surface area contributed by atoms with Crippen molar-refractivity contribution in [1.29, 1.82) is 0 Å². The van der Waals surface area contributed by atoms with Gasteiger partial charge in [-0.2, -0.15) is 8.78 Å². The molecule has 0 radical (unpaired) electrons. The van der Waals surface area contributed by atoms with Crippen molar-refractivity contribution in [2.45, 2.75) is 25.6 Å². The van der Waals surface area contributed by atoms with E-state index in [2.05, 4.69) is 4.74 Å². The van der Waals surface area contributed by atoms with Crippen molar-refractivity contribution in [3.63, 3.8) is 0 Å². The molecule has 2 atom stereocenters. The zero-order valence-electron chi connectivity index (χ0n) is 17.3. The average Bonchev–Trinajstić information content (AvgIpc) is 2.99. The fraction of sp³-hybridized carbons (Fsp3) is 0.333. The number of fused-ring (bicyclic) bond motifs is 1. The molecule has 0 aromatic heterocycles. The van der Waals surface area contributed by atoms with E-state index in [0.717, 1.165) is 11.2 Å². The molecule has 3 rings (SSSR count). The number of hydrogen-bond acceptors (Lipinski definition) is 6. The lowest BCUT2D eigenvalue weighted by atomic mass is 10.0. The molecule has 0 fully saturated rings. The van der Waals surface area contributed by atoms with Crippen molar-refractivity contribution in [1.82, 2.24) is 4.90 Å². The van der Waals surface area contributed by atoms with Crippen LogP contribution in [-0.2, 0) is 14.6 Å². The van der Waals surface area contributed by atoms with Gasteiger partial charge >= 0.3 is 6.61 Å². The van der Waals surface area contributed by atoms with Crippen molar-refractivity contribution in [3.05, 3.63) is 59.2 Å². The number of carbonyl (C=O) groups excluding carboxylic acids is 2. The van der Waals surface area contributed by atoms with E-state index in [9.17, 15) is 26.8 Å². The second-order valence-corrected chi connectivity index (χ2v) is 9.42. The van der Waals surface area contributed by atoms with E-state index in [4.69, 9.17) is 10.5 Å². The molecule has 0 saturated carbocycles. The highest BCUT2D eigenvalue weighted by atomic mass is 32.2. The Balaban J connectivity index is 2.15. The van der Waals surface area contributed by atoms with E-state index in [1.807, 2.05) is 0 Å². The van der Waals surface area contributed by atoms with Crippen LogP contribution >= 0.6 is 0 Å².